The van der Waals surface area contributed by atoms with Gasteiger partial charge in [-0.2, -0.15) is 0 Å². The molecule has 1 aromatic heterocycles. The zero-order chi connectivity index (χ0) is 15.4. The van der Waals surface area contributed by atoms with Crippen molar-refractivity contribution in [3.63, 3.8) is 0 Å². The van der Waals surface area contributed by atoms with Crippen molar-refractivity contribution in [2.24, 2.45) is 0 Å². The number of benzene rings is 2. The minimum Gasteiger partial charge on any atom is -0.467 e. The highest BCUT2D eigenvalue weighted by Crippen LogP contribution is 2.23. The van der Waals surface area contributed by atoms with E-state index in [1.165, 1.54) is 5.39 Å². The molecule has 4 nitrogen and oxygen atoms in total. The number of furan rings is 1. The SMILES string of the molecule is CC(NC(=O)NCc1ccco1)c1cccc2ccccc12. The van der Waals surface area contributed by atoms with E-state index in [1.54, 1.807) is 12.3 Å². The fraction of sp³-hybridized carbons (Fsp3) is 0.167. The fourth-order valence-electron chi connectivity index (χ4n) is 2.53. The molecule has 2 aromatic carbocycles. The van der Waals surface area contributed by atoms with Gasteiger partial charge in [-0.3, -0.25) is 0 Å². The van der Waals surface area contributed by atoms with Gasteiger partial charge in [0.05, 0.1) is 18.8 Å². The summed E-state index contributed by atoms with van der Waals surface area (Å²) in [6, 6.07) is 17.6. The Morgan fingerprint density at radius 1 is 1.09 bits per heavy atom. The summed E-state index contributed by atoms with van der Waals surface area (Å²) in [5, 5.41) is 8.08. The molecule has 112 valence electrons. The molecule has 1 unspecified atom stereocenters. The first kappa shape index (κ1) is 14.2. The molecular weight excluding hydrogens is 276 g/mol. The van der Waals surface area contributed by atoms with Gasteiger partial charge in [-0.1, -0.05) is 42.5 Å². The second-order valence-corrected chi connectivity index (χ2v) is 5.20. The molecule has 3 rings (SSSR count). The Labute approximate surface area is 129 Å². The van der Waals surface area contributed by atoms with E-state index in [1.807, 2.05) is 37.3 Å². The summed E-state index contributed by atoms with van der Waals surface area (Å²) in [5.41, 5.74) is 1.10. The first-order valence-corrected chi connectivity index (χ1v) is 7.28. The third-order valence-corrected chi connectivity index (χ3v) is 3.64. The third kappa shape index (κ3) is 3.11. The highest BCUT2D eigenvalue weighted by molar-refractivity contribution is 5.86. The van der Waals surface area contributed by atoms with Gasteiger partial charge in [0.2, 0.25) is 0 Å². The molecule has 22 heavy (non-hydrogen) atoms. The van der Waals surface area contributed by atoms with Crippen LogP contribution in [-0.2, 0) is 6.54 Å². The minimum atomic E-state index is -0.211. The Hall–Kier alpha value is -2.75. The van der Waals surface area contributed by atoms with E-state index in [9.17, 15) is 4.79 Å². The minimum absolute atomic E-state index is 0.0808. The first-order valence-electron chi connectivity index (χ1n) is 7.28. The summed E-state index contributed by atoms with van der Waals surface area (Å²) in [6.45, 7) is 2.36. The quantitative estimate of drug-likeness (QED) is 0.764. The van der Waals surface area contributed by atoms with Crippen LogP contribution in [0.1, 0.15) is 24.3 Å². The number of carbonyl (C=O) groups excluding carboxylic acids is 1. The molecule has 0 fully saturated rings. The third-order valence-electron chi connectivity index (χ3n) is 3.64. The lowest BCUT2D eigenvalue weighted by Crippen LogP contribution is -2.36. The average molecular weight is 294 g/mol. The molecule has 3 aromatic rings. The maximum atomic E-state index is 12.0. The predicted octanol–water partition coefficient (Wildman–Crippen LogP) is 3.99. The van der Waals surface area contributed by atoms with Crippen molar-refractivity contribution in [1.29, 1.82) is 0 Å². The van der Waals surface area contributed by atoms with Crippen LogP contribution in [0, 0.1) is 0 Å². The van der Waals surface area contributed by atoms with Crippen molar-refractivity contribution < 1.29 is 9.21 Å². The van der Waals surface area contributed by atoms with Gasteiger partial charge in [0.1, 0.15) is 5.76 Å². The number of amides is 2. The largest absolute Gasteiger partial charge is 0.467 e. The molecule has 0 radical (unpaired) electrons. The molecule has 0 bridgehead atoms. The number of rotatable bonds is 4. The maximum absolute atomic E-state index is 12.0. The van der Waals surface area contributed by atoms with E-state index < -0.39 is 0 Å². The van der Waals surface area contributed by atoms with Crippen LogP contribution >= 0.6 is 0 Å². The van der Waals surface area contributed by atoms with Crippen molar-refractivity contribution in [2.45, 2.75) is 19.5 Å². The zero-order valence-electron chi connectivity index (χ0n) is 12.4. The van der Waals surface area contributed by atoms with Crippen molar-refractivity contribution >= 4 is 16.8 Å². The molecule has 1 atom stereocenters. The van der Waals surface area contributed by atoms with Gasteiger partial charge >= 0.3 is 6.03 Å². The molecule has 0 aliphatic rings. The summed E-state index contributed by atoms with van der Waals surface area (Å²) in [5.74, 6) is 0.730. The molecule has 0 aliphatic carbocycles. The highest BCUT2D eigenvalue weighted by atomic mass is 16.3. The summed E-state index contributed by atoms with van der Waals surface area (Å²) in [7, 11) is 0. The Morgan fingerprint density at radius 2 is 1.91 bits per heavy atom. The van der Waals surface area contributed by atoms with Crippen LogP contribution in [0.2, 0.25) is 0 Å². The van der Waals surface area contributed by atoms with E-state index in [4.69, 9.17) is 4.42 Å². The topological polar surface area (TPSA) is 54.3 Å². The van der Waals surface area contributed by atoms with E-state index in [0.717, 1.165) is 16.7 Å². The average Bonchev–Trinajstić information content (AvgIpc) is 3.06. The lowest BCUT2D eigenvalue weighted by molar-refractivity contribution is 0.236. The molecule has 0 saturated carbocycles. The molecular formula is C18H18N2O2. The molecule has 2 amide bonds. The van der Waals surface area contributed by atoms with Gasteiger partial charge in [-0.15, -0.1) is 0 Å². The van der Waals surface area contributed by atoms with Crippen molar-refractivity contribution in [1.82, 2.24) is 10.6 Å². The van der Waals surface area contributed by atoms with Gasteiger partial charge in [0.15, 0.2) is 0 Å². The monoisotopic (exact) mass is 294 g/mol. The van der Waals surface area contributed by atoms with Crippen LogP contribution in [0.25, 0.3) is 10.8 Å². The summed E-state index contributed by atoms with van der Waals surface area (Å²) >= 11 is 0. The Balaban J connectivity index is 1.68. The molecule has 0 spiro atoms. The summed E-state index contributed by atoms with van der Waals surface area (Å²) in [4.78, 5) is 12.0. The van der Waals surface area contributed by atoms with E-state index in [2.05, 4.69) is 28.8 Å². The first-order chi connectivity index (χ1) is 10.7. The second-order valence-electron chi connectivity index (χ2n) is 5.20. The molecule has 0 aliphatic heterocycles. The van der Waals surface area contributed by atoms with Crippen LogP contribution in [0.3, 0.4) is 0 Å². The van der Waals surface area contributed by atoms with E-state index in [0.29, 0.717) is 6.54 Å². The van der Waals surface area contributed by atoms with E-state index >= 15 is 0 Å². The van der Waals surface area contributed by atoms with Gasteiger partial charge in [-0.05, 0) is 35.4 Å². The van der Waals surface area contributed by atoms with E-state index in [-0.39, 0.29) is 12.1 Å². The smallest absolute Gasteiger partial charge is 0.315 e. The zero-order valence-corrected chi connectivity index (χ0v) is 12.4. The number of carbonyl (C=O) groups is 1. The Bertz CT molecular complexity index is 760. The van der Waals surface area contributed by atoms with Crippen LogP contribution in [0.5, 0.6) is 0 Å². The number of hydrogen-bond donors (Lipinski definition) is 2. The highest BCUT2D eigenvalue weighted by Gasteiger charge is 2.12. The number of hydrogen-bond acceptors (Lipinski definition) is 2. The number of urea groups is 1. The van der Waals surface area contributed by atoms with Gasteiger partial charge in [0.25, 0.3) is 0 Å². The van der Waals surface area contributed by atoms with Crippen LogP contribution in [-0.4, -0.2) is 6.03 Å². The lowest BCUT2D eigenvalue weighted by Gasteiger charge is -2.17. The summed E-state index contributed by atoms with van der Waals surface area (Å²) < 4.78 is 5.19. The predicted molar refractivity (Wildman–Crippen MR) is 86.4 cm³/mol. The molecule has 1 heterocycles. The van der Waals surface area contributed by atoms with Gasteiger partial charge in [-0.25, -0.2) is 4.79 Å². The standard InChI is InChI=1S/C18H18N2O2/c1-13(20-18(21)19-12-15-8-5-11-22-15)16-10-4-7-14-6-2-3-9-17(14)16/h2-11,13H,12H2,1H3,(H2,19,20,21). The summed E-state index contributed by atoms with van der Waals surface area (Å²) in [6.07, 6.45) is 1.59. The number of nitrogens with one attached hydrogen (secondary N) is 2. The van der Waals surface area contributed by atoms with Crippen LogP contribution in [0.15, 0.2) is 65.3 Å². The van der Waals surface area contributed by atoms with Crippen LogP contribution < -0.4 is 10.6 Å². The molecule has 4 heteroatoms. The number of fused-ring (bicyclic) bond motifs is 1. The fourth-order valence-corrected chi connectivity index (χ4v) is 2.53. The van der Waals surface area contributed by atoms with Crippen molar-refractivity contribution in [3.05, 3.63) is 72.2 Å². The van der Waals surface area contributed by atoms with Gasteiger partial charge < -0.3 is 15.1 Å². The lowest BCUT2D eigenvalue weighted by atomic mass is 10.00. The van der Waals surface area contributed by atoms with Gasteiger partial charge in [0, 0.05) is 0 Å². The van der Waals surface area contributed by atoms with Crippen molar-refractivity contribution in [3.8, 4) is 0 Å². The van der Waals surface area contributed by atoms with Crippen LogP contribution in [0.4, 0.5) is 4.79 Å². The maximum Gasteiger partial charge on any atom is 0.315 e. The molecule has 2 N–H and O–H groups in total. The normalized spacial score (nSPS) is 12.0. The van der Waals surface area contributed by atoms with Crippen molar-refractivity contribution in [2.75, 3.05) is 0 Å². The Morgan fingerprint density at radius 3 is 2.73 bits per heavy atom. The Kier molecular flexibility index (Phi) is 4.10. The second kappa shape index (κ2) is 6.35. The molecule has 0 saturated heterocycles.